The maximum Gasteiger partial charge on any atom is 0.251 e. The highest BCUT2D eigenvalue weighted by atomic mass is 16.5. The maximum atomic E-state index is 12.5. The van der Waals surface area contributed by atoms with Crippen LogP contribution in [0.15, 0.2) is 54.7 Å². The minimum absolute atomic E-state index is 0.117. The van der Waals surface area contributed by atoms with E-state index in [4.69, 9.17) is 14.5 Å². The van der Waals surface area contributed by atoms with Crippen LogP contribution in [0.25, 0.3) is 21.8 Å². The molecule has 2 aromatic carbocycles. The van der Waals surface area contributed by atoms with E-state index in [-0.39, 0.29) is 12.0 Å². The number of morpholine rings is 1. The summed E-state index contributed by atoms with van der Waals surface area (Å²) in [4.78, 5) is 19.8. The molecule has 5 rings (SSSR count). The van der Waals surface area contributed by atoms with Crippen LogP contribution in [0.1, 0.15) is 27.7 Å². The molecule has 0 radical (unpaired) electrons. The molecule has 1 aliphatic rings. The summed E-state index contributed by atoms with van der Waals surface area (Å²) in [5.41, 5.74) is 4.65. The predicted octanol–water partition coefficient (Wildman–Crippen LogP) is 3.67. The summed E-state index contributed by atoms with van der Waals surface area (Å²) in [6.45, 7) is 3.00. The van der Waals surface area contributed by atoms with Gasteiger partial charge in [0.05, 0.1) is 36.0 Å². The van der Waals surface area contributed by atoms with Crippen molar-refractivity contribution in [2.24, 2.45) is 7.05 Å². The second kappa shape index (κ2) is 8.84. The topological polar surface area (TPSA) is 68.6 Å². The molecule has 0 unspecified atom stereocenters. The predicted molar refractivity (Wildman–Crippen MR) is 129 cm³/mol. The molecule has 1 amide bonds. The second-order valence-corrected chi connectivity index (χ2v) is 8.43. The van der Waals surface area contributed by atoms with Gasteiger partial charge in [0.1, 0.15) is 11.9 Å². The number of rotatable bonds is 5. The van der Waals surface area contributed by atoms with Gasteiger partial charge in [-0.1, -0.05) is 18.2 Å². The van der Waals surface area contributed by atoms with Crippen molar-refractivity contribution in [3.63, 3.8) is 0 Å². The van der Waals surface area contributed by atoms with Gasteiger partial charge in [0, 0.05) is 56.8 Å². The Morgan fingerprint density at radius 3 is 2.88 bits per heavy atom. The van der Waals surface area contributed by atoms with E-state index >= 15 is 0 Å². The Bertz CT molecular complexity index is 1330. The molecule has 0 saturated carbocycles. The number of nitrogens with zero attached hydrogens (tertiary/aromatic N) is 3. The number of aryl methyl sites for hydroxylation is 1. The Hall–Kier alpha value is -3.42. The Labute approximate surface area is 192 Å². The van der Waals surface area contributed by atoms with E-state index in [2.05, 4.69) is 40.2 Å². The minimum atomic E-state index is -0.193. The summed E-state index contributed by atoms with van der Waals surface area (Å²) >= 11 is 0. The van der Waals surface area contributed by atoms with Crippen molar-refractivity contribution >= 4 is 27.7 Å². The molecule has 2 aromatic heterocycles. The number of para-hydroxylation sites is 1. The number of methoxy groups -OCH3 is 1. The van der Waals surface area contributed by atoms with Gasteiger partial charge >= 0.3 is 0 Å². The first-order valence-corrected chi connectivity index (χ1v) is 11.1. The number of carbonyl (C=O) groups is 1. The molecule has 1 fully saturated rings. The number of amides is 1. The van der Waals surface area contributed by atoms with Gasteiger partial charge in [-0.15, -0.1) is 0 Å². The van der Waals surface area contributed by atoms with E-state index in [9.17, 15) is 4.79 Å². The smallest absolute Gasteiger partial charge is 0.251 e. The van der Waals surface area contributed by atoms with Crippen molar-refractivity contribution in [3.8, 4) is 5.75 Å². The summed E-state index contributed by atoms with van der Waals surface area (Å²) in [6.07, 6.45) is 1.99. The molecule has 3 heterocycles. The third kappa shape index (κ3) is 4.05. The van der Waals surface area contributed by atoms with Crippen LogP contribution >= 0.6 is 0 Å². The molecule has 0 spiro atoms. The van der Waals surface area contributed by atoms with E-state index in [0.29, 0.717) is 18.7 Å². The van der Waals surface area contributed by atoms with Gasteiger partial charge in [-0.05, 0) is 29.8 Å². The summed E-state index contributed by atoms with van der Waals surface area (Å²) in [6, 6.07) is 15.8. The number of ether oxygens (including phenoxy) is 2. The third-order valence-electron chi connectivity index (χ3n) is 6.36. The minimum Gasteiger partial charge on any atom is -0.497 e. The van der Waals surface area contributed by atoms with E-state index < -0.39 is 0 Å². The molecule has 170 valence electrons. The fourth-order valence-corrected chi connectivity index (χ4v) is 4.65. The van der Waals surface area contributed by atoms with Gasteiger partial charge in [0.25, 0.3) is 5.91 Å². The highest BCUT2D eigenvalue weighted by Crippen LogP contribution is 2.29. The van der Waals surface area contributed by atoms with Gasteiger partial charge in [-0.3, -0.25) is 9.69 Å². The molecule has 7 heteroatoms. The zero-order valence-corrected chi connectivity index (χ0v) is 19.2. The lowest BCUT2D eigenvalue weighted by atomic mass is 10.0. The SMILES string of the molecule is CNC(=O)c1cc([C@H]2CN(Cc3cn(C)c4cc(OC)ccc34)CCO2)nc2ccccc12. The fourth-order valence-electron chi connectivity index (χ4n) is 4.65. The Morgan fingerprint density at radius 1 is 1.21 bits per heavy atom. The fraction of sp³-hybridized carbons (Fsp3) is 0.308. The van der Waals surface area contributed by atoms with Crippen LogP contribution in [0.4, 0.5) is 0 Å². The average molecular weight is 445 g/mol. The van der Waals surface area contributed by atoms with E-state index in [1.165, 1.54) is 10.9 Å². The number of benzene rings is 2. The molecule has 1 aliphatic heterocycles. The summed E-state index contributed by atoms with van der Waals surface area (Å²) in [5, 5.41) is 4.82. The lowest BCUT2D eigenvalue weighted by Crippen LogP contribution is -2.38. The molecule has 0 aliphatic carbocycles. The van der Waals surface area contributed by atoms with Crippen molar-refractivity contribution in [3.05, 3.63) is 71.5 Å². The first kappa shape index (κ1) is 21.4. The first-order valence-electron chi connectivity index (χ1n) is 11.1. The van der Waals surface area contributed by atoms with Crippen molar-refractivity contribution in [2.45, 2.75) is 12.6 Å². The van der Waals surface area contributed by atoms with Crippen LogP contribution in [0.2, 0.25) is 0 Å². The zero-order valence-electron chi connectivity index (χ0n) is 19.2. The molecule has 4 aromatic rings. The lowest BCUT2D eigenvalue weighted by molar-refractivity contribution is -0.0347. The number of carbonyl (C=O) groups excluding carboxylic acids is 1. The number of aromatic nitrogens is 2. The molecule has 0 bridgehead atoms. The Balaban J connectivity index is 1.42. The Morgan fingerprint density at radius 2 is 2.06 bits per heavy atom. The number of hydrogen-bond acceptors (Lipinski definition) is 5. The van der Waals surface area contributed by atoms with Crippen molar-refractivity contribution in [2.75, 3.05) is 33.9 Å². The summed E-state index contributed by atoms with van der Waals surface area (Å²) in [7, 11) is 5.40. The summed E-state index contributed by atoms with van der Waals surface area (Å²) in [5.74, 6) is 0.740. The van der Waals surface area contributed by atoms with Gasteiger partial charge in [0.2, 0.25) is 0 Å². The number of pyridine rings is 1. The zero-order chi connectivity index (χ0) is 22.9. The van der Waals surface area contributed by atoms with E-state index in [0.717, 1.165) is 41.0 Å². The van der Waals surface area contributed by atoms with E-state index in [1.807, 2.05) is 36.4 Å². The van der Waals surface area contributed by atoms with E-state index in [1.54, 1.807) is 14.2 Å². The molecule has 1 saturated heterocycles. The van der Waals surface area contributed by atoms with Crippen LogP contribution in [0.3, 0.4) is 0 Å². The van der Waals surface area contributed by atoms with Crippen molar-refractivity contribution in [1.82, 2.24) is 19.8 Å². The van der Waals surface area contributed by atoms with Crippen molar-refractivity contribution < 1.29 is 14.3 Å². The van der Waals surface area contributed by atoms with Crippen LogP contribution in [-0.2, 0) is 18.3 Å². The average Bonchev–Trinajstić information content (AvgIpc) is 3.17. The van der Waals surface area contributed by atoms with Crippen molar-refractivity contribution in [1.29, 1.82) is 0 Å². The molecular weight excluding hydrogens is 416 g/mol. The number of fused-ring (bicyclic) bond motifs is 2. The van der Waals surface area contributed by atoms with Crippen LogP contribution in [0, 0.1) is 0 Å². The van der Waals surface area contributed by atoms with Gasteiger partial charge in [0.15, 0.2) is 0 Å². The largest absolute Gasteiger partial charge is 0.497 e. The molecule has 1 N–H and O–H groups in total. The monoisotopic (exact) mass is 444 g/mol. The summed E-state index contributed by atoms with van der Waals surface area (Å²) < 4.78 is 13.6. The normalized spacial score (nSPS) is 16.9. The molecule has 1 atom stereocenters. The Kier molecular flexibility index (Phi) is 5.74. The standard InChI is InChI=1S/C26H28N4O3/c1-27-26(31)21-13-23(28-22-7-5-4-6-20(21)22)25-16-30(10-11-33-25)15-17-14-29(2)24-12-18(32-3)8-9-19(17)24/h4-9,12-14,25H,10-11,15-16H2,1-3H3,(H,27,31)/t25-/m1/s1. The molecular formula is C26H28N4O3. The lowest BCUT2D eigenvalue weighted by Gasteiger charge is -2.32. The third-order valence-corrected chi connectivity index (χ3v) is 6.36. The highest BCUT2D eigenvalue weighted by Gasteiger charge is 2.26. The van der Waals surface area contributed by atoms with Crippen LogP contribution in [0.5, 0.6) is 5.75 Å². The van der Waals surface area contributed by atoms with Crippen LogP contribution < -0.4 is 10.1 Å². The number of hydrogen-bond donors (Lipinski definition) is 1. The first-order chi connectivity index (χ1) is 16.1. The quantitative estimate of drug-likeness (QED) is 0.509. The molecule has 33 heavy (non-hydrogen) atoms. The van der Waals surface area contributed by atoms with Gasteiger partial charge < -0.3 is 19.4 Å². The van der Waals surface area contributed by atoms with Gasteiger partial charge in [-0.2, -0.15) is 0 Å². The highest BCUT2D eigenvalue weighted by molar-refractivity contribution is 6.06. The molecule has 7 nitrogen and oxygen atoms in total. The maximum absolute atomic E-state index is 12.5. The van der Waals surface area contributed by atoms with Crippen LogP contribution in [-0.4, -0.2) is 54.2 Å². The second-order valence-electron chi connectivity index (χ2n) is 8.43. The number of nitrogens with one attached hydrogen (secondary N) is 1. The van der Waals surface area contributed by atoms with Gasteiger partial charge in [-0.25, -0.2) is 4.98 Å².